The second-order valence-corrected chi connectivity index (χ2v) is 10.6. The second kappa shape index (κ2) is 9.44. The first-order chi connectivity index (χ1) is 18.5. The van der Waals surface area contributed by atoms with Crippen LogP contribution in [0, 0.1) is 0 Å². The third-order valence-corrected chi connectivity index (χ3v) is 6.65. The van der Waals surface area contributed by atoms with Gasteiger partial charge in [0.15, 0.2) is 17.1 Å². The van der Waals surface area contributed by atoms with E-state index < -0.39 is 18.3 Å². The Balaban J connectivity index is 1.23. The summed E-state index contributed by atoms with van der Waals surface area (Å²) in [6, 6.07) is 14.4. The molecule has 204 valence electrons. The molecule has 1 unspecified atom stereocenters. The highest BCUT2D eigenvalue weighted by molar-refractivity contribution is 5.84. The normalized spacial score (nSPS) is 17.6. The number of ether oxygens (including phenoxy) is 3. The van der Waals surface area contributed by atoms with E-state index in [2.05, 4.69) is 32.3 Å². The van der Waals surface area contributed by atoms with Gasteiger partial charge in [-0.25, -0.2) is 4.52 Å². The summed E-state index contributed by atoms with van der Waals surface area (Å²) in [5, 5.41) is 18.3. The number of alkyl halides is 2. The van der Waals surface area contributed by atoms with Crippen molar-refractivity contribution in [2.45, 2.75) is 51.9 Å². The molecule has 4 aromatic rings. The number of para-hydroxylation sites is 1. The van der Waals surface area contributed by atoms with Gasteiger partial charge < -0.3 is 24.6 Å². The average Bonchev–Trinajstić information content (AvgIpc) is 3.33. The number of aromatic nitrogens is 3. The number of benzene rings is 2. The van der Waals surface area contributed by atoms with Crippen LogP contribution in [0.5, 0.6) is 11.5 Å². The molecule has 9 nitrogen and oxygen atoms in total. The Morgan fingerprint density at radius 1 is 1.03 bits per heavy atom. The molecule has 2 aliphatic rings. The van der Waals surface area contributed by atoms with Crippen LogP contribution < -0.4 is 14.8 Å². The number of hydrogen-bond donors (Lipinski definition) is 2. The van der Waals surface area contributed by atoms with E-state index in [0.717, 1.165) is 18.5 Å². The number of halogens is 2. The first kappa shape index (κ1) is 25.5. The number of aliphatic hydroxyl groups excluding tert-OH is 1. The Labute approximate surface area is 223 Å². The number of aliphatic hydroxyl groups is 1. The van der Waals surface area contributed by atoms with Gasteiger partial charge in [0.1, 0.15) is 0 Å². The minimum atomic E-state index is -3.72. The number of anilines is 2. The Bertz CT molecular complexity index is 1530. The maximum atomic E-state index is 13.8. The predicted octanol–water partition coefficient (Wildman–Crippen LogP) is 4.95. The predicted molar refractivity (Wildman–Crippen MR) is 140 cm³/mol. The summed E-state index contributed by atoms with van der Waals surface area (Å²) in [5.74, 6) is 0.297. The molecule has 2 aromatic heterocycles. The van der Waals surface area contributed by atoms with Crippen molar-refractivity contribution in [2.24, 2.45) is 0 Å². The molecule has 0 fully saturated rings. The summed E-state index contributed by atoms with van der Waals surface area (Å²) >= 11 is 0. The van der Waals surface area contributed by atoms with Crippen LogP contribution in [0.15, 0.2) is 54.7 Å². The fourth-order valence-electron chi connectivity index (χ4n) is 4.91. The molecule has 0 aliphatic carbocycles. The summed E-state index contributed by atoms with van der Waals surface area (Å²) in [4.78, 5) is 6.58. The minimum Gasteiger partial charge on any atom is -0.395 e. The van der Waals surface area contributed by atoms with Crippen LogP contribution >= 0.6 is 0 Å². The molecule has 2 N–H and O–H groups in total. The van der Waals surface area contributed by atoms with Crippen molar-refractivity contribution in [3.8, 4) is 22.6 Å². The van der Waals surface area contributed by atoms with E-state index in [0.29, 0.717) is 35.8 Å². The van der Waals surface area contributed by atoms with Crippen molar-refractivity contribution >= 4 is 17.3 Å². The number of nitrogens with one attached hydrogen (secondary N) is 1. The monoisotopic (exact) mass is 537 g/mol. The van der Waals surface area contributed by atoms with Crippen LogP contribution in [-0.2, 0) is 17.6 Å². The topological polar surface area (TPSA) is 93.4 Å². The number of nitrogens with zero attached hydrogens (tertiary/aromatic N) is 4. The van der Waals surface area contributed by atoms with E-state index in [4.69, 9.17) is 9.47 Å². The third-order valence-electron chi connectivity index (χ3n) is 6.65. The van der Waals surface area contributed by atoms with Crippen LogP contribution in [0.4, 0.5) is 20.4 Å². The van der Waals surface area contributed by atoms with Crippen LogP contribution in [-0.4, -0.2) is 56.0 Å². The molecule has 39 heavy (non-hydrogen) atoms. The lowest BCUT2D eigenvalue weighted by Crippen LogP contribution is -2.43. The van der Waals surface area contributed by atoms with E-state index in [9.17, 15) is 13.9 Å². The first-order valence-corrected chi connectivity index (χ1v) is 12.8. The molecule has 6 rings (SSSR count). The lowest BCUT2D eigenvalue weighted by molar-refractivity contribution is -0.286. The van der Waals surface area contributed by atoms with Crippen molar-refractivity contribution in [3.63, 3.8) is 0 Å². The van der Waals surface area contributed by atoms with Gasteiger partial charge in [0.2, 0.25) is 12.4 Å². The van der Waals surface area contributed by atoms with Crippen LogP contribution in [0.2, 0.25) is 0 Å². The summed E-state index contributed by atoms with van der Waals surface area (Å²) in [6.45, 7) is 7.12. The lowest BCUT2D eigenvalue weighted by atomic mass is 10.0. The summed E-state index contributed by atoms with van der Waals surface area (Å²) < 4.78 is 44.2. The maximum Gasteiger partial charge on any atom is 0.586 e. The largest absolute Gasteiger partial charge is 0.586 e. The smallest absolute Gasteiger partial charge is 0.395 e. The molecular weight excluding hydrogens is 508 g/mol. The standard InChI is InChI=1S/C28H29F2N5O4/c1-27(2,3)39-26(36)34-14-11-17-9-10-19(16-18(17)12-15-34)31-25-32-24-21(7-5-13-35(24)33-25)20-6-4-8-22-23(20)38-28(29,30)37-22/h4-10,13,16,26,36H,11-12,14-15H2,1-3H3,(H,31,33). The van der Waals surface area contributed by atoms with Gasteiger partial charge in [-0.3, -0.25) is 4.90 Å². The third kappa shape index (κ3) is 5.25. The van der Waals surface area contributed by atoms with Gasteiger partial charge in [0, 0.05) is 36.1 Å². The SMILES string of the molecule is CC(C)(C)OC(O)N1CCc2ccc(Nc3nc4c(-c5cccc6c5OC(F)(F)O6)cccn4n3)cc2CC1. The van der Waals surface area contributed by atoms with Gasteiger partial charge in [-0.05, 0) is 75.1 Å². The molecule has 0 amide bonds. The van der Waals surface area contributed by atoms with E-state index in [1.54, 1.807) is 35.0 Å². The lowest BCUT2D eigenvalue weighted by Gasteiger charge is -2.31. The minimum absolute atomic E-state index is 0.0293. The van der Waals surface area contributed by atoms with Crippen molar-refractivity contribution < 1.29 is 28.1 Å². The van der Waals surface area contributed by atoms with E-state index in [-0.39, 0.29) is 11.5 Å². The van der Waals surface area contributed by atoms with Crippen LogP contribution in [0.3, 0.4) is 0 Å². The van der Waals surface area contributed by atoms with Gasteiger partial charge in [0.25, 0.3) is 0 Å². The quantitative estimate of drug-likeness (QED) is 0.346. The molecule has 0 spiro atoms. The molecule has 4 heterocycles. The molecule has 1 atom stereocenters. The summed E-state index contributed by atoms with van der Waals surface area (Å²) in [6.07, 6.45) is -1.39. The molecule has 0 saturated carbocycles. The maximum absolute atomic E-state index is 13.8. The van der Waals surface area contributed by atoms with E-state index in [1.165, 1.54) is 17.2 Å². The fourth-order valence-corrected chi connectivity index (χ4v) is 4.91. The zero-order valence-corrected chi connectivity index (χ0v) is 21.8. The summed E-state index contributed by atoms with van der Waals surface area (Å²) in [5.41, 5.74) is 4.26. The van der Waals surface area contributed by atoms with Crippen molar-refractivity contribution in [1.29, 1.82) is 0 Å². The highest BCUT2D eigenvalue weighted by Crippen LogP contribution is 2.47. The Kier molecular flexibility index (Phi) is 6.17. The zero-order valence-electron chi connectivity index (χ0n) is 21.8. The van der Waals surface area contributed by atoms with E-state index in [1.807, 2.05) is 31.7 Å². The molecule has 11 heteroatoms. The second-order valence-electron chi connectivity index (χ2n) is 10.6. The van der Waals surface area contributed by atoms with Crippen molar-refractivity contribution in [2.75, 3.05) is 18.4 Å². The van der Waals surface area contributed by atoms with Gasteiger partial charge in [-0.1, -0.05) is 18.2 Å². The number of hydrogen-bond acceptors (Lipinski definition) is 8. The molecular formula is C28H29F2N5O4. The average molecular weight is 538 g/mol. The number of pyridine rings is 1. The number of fused-ring (bicyclic) bond motifs is 3. The molecule has 0 radical (unpaired) electrons. The van der Waals surface area contributed by atoms with Gasteiger partial charge in [-0.15, -0.1) is 13.9 Å². The molecule has 2 aliphatic heterocycles. The summed E-state index contributed by atoms with van der Waals surface area (Å²) in [7, 11) is 0. The molecule has 0 saturated heterocycles. The van der Waals surface area contributed by atoms with Gasteiger partial charge in [-0.2, -0.15) is 4.98 Å². The Hall–Kier alpha value is -3.80. The van der Waals surface area contributed by atoms with Crippen LogP contribution in [0.1, 0.15) is 31.9 Å². The zero-order chi connectivity index (χ0) is 27.4. The Morgan fingerprint density at radius 2 is 1.79 bits per heavy atom. The van der Waals surface area contributed by atoms with Crippen molar-refractivity contribution in [3.05, 3.63) is 65.9 Å². The number of rotatable bonds is 5. The van der Waals surface area contributed by atoms with E-state index >= 15 is 0 Å². The van der Waals surface area contributed by atoms with Gasteiger partial charge >= 0.3 is 6.29 Å². The first-order valence-electron chi connectivity index (χ1n) is 12.8. The van der Waals surface area contributed by atoms with Crippen molar-refractivity contribution in [1.82, 2.24) is 19.5 Å². The molecule has 2 aromatic carbocycles. The van der Waals surface area contributed by atoms with Gasteiger partial charge in [0.05, 0.1) is 5.60 Å². The highest BCUT2D eigenvalue weighted by atomic mass is 19.3. The Morgan fingerprint density at radius 3 is 2.59 bits per heavy atom. The highest BCUT2D eigenvalue weighted by Gasteiger charge is 2.44. The fraction of sp³-hybridized carbons (Fsp3) is 0.357. The van der Waals surface area contributed by atoms with Crippen LogP contribution in [0.25, 0.3) is 16.8 Å². The molecule has 0 bridgehead atoms.